The number of nitrogens with one attached hydrogen (secondary N) is 1. The van der Waals surface area contributed by atoms with E-state index in [1.807, 2.05) is 25.1 Å². The fraction of sp³-hybridized carbons (Fsp3) is 0.133. The largest absolute Gasteiger partial charge is 0.366 e. The fourth-order valence-electron chi connectivity index (χ4n) is 1.73. The first-order chi connectivity index (χ1) is 9.10. The summed E-state index contributed by atoms with van der Waals surface area (Å²) in [6.45, 7) is 1.94. The van der Waals surface area contributed by atoms with Gasteiger partial charge < -0.3 is 5.32 Å². The lowest BCUT2D eigenvalue weighted by atomic mass is 10.1. The lowest BCUT2D eigenvalue weighted by Crippen LogP contribution is -2.10. The topological polar surface area (TPSA) is 35.8 Å². The number of rotatable bonds is 3. The average molecular weight is 258 g/mol. The van der Waals surface area contributed by atoms with Crippen molar-refractivity contribution in [3.8, 4) is 6.07 Å². The smallest absolute Gasteiger partial charge is 0.143 e. The Labute approximate surface area is 110 Å². The summed E-state index contributed by atoms with van der Waals surface area (Å²) >= 11 is 0. The quantitative estimate of drug-likeness (QED) is 0.904. The Balaban J connectivity index is 2.28. The van der Waals surface area contributed by atoms with Crippen LogP contribution >= 0.6 is 0 Å². The number of hydrogen-bond acceptors (Lipinski definition) is 2. The van der Waals surface area contributed by atoms with Crippen LogP contribution in [0.1, 0.15) is 17.2 Å². The van der Waals surface area contributed by atoms with Crippen molar-refractivity contribution in [3.63, 3.8) is 0 Å². The number of nitriles is 1. The predicted octanol–water partition coefficient (Wildman–Crippen LogP) is 3.95. The van der Waals surface area contributed by atoms with Crippen LogP contribution in [0.4, 0.5) is 14.5 Å². The Bertz CT molecular complexity index is 615. The van der Waals surface area contributed by atoms with Gasteiger partial charge in [0.05, 0.1) is 6.07 Å². The van der Waals surface area contributed by atoms with Gasteiger partial charge in [-0.1, -0.05) is 17.7 Å². The molecule has 1 N–H and O–H groups in total. The van der Waals surface area contributed by atoms with Crippen molar-refractivity contribution >= 4 is 5.69 Å². The van der Waals surface area contributed by atoms with Gasteiger partial charge in [0.1, 0.15) is 17.7 Å². The van der Waals surface area contributed by atoms with E-state index >= 15 is 0 Å². The summed E-state index contributed by atoms with van der Waals surface area (Å²) in [7, 11) is 0. The Morgan fingerprint density at radius 3 is 2.42 bits per heavy atom. The molecular formula is C15H12F2N2. The highest BCUT2D eigenvalue weighted by molar-refractivity contribution is 5.48. The molecule has 0 bridgehead atoms. The van der Waals surface area contributed by atoms with Gasteiger partial charge in [0.15, 0.2) is 0 Å². The molecule has 96 valence electrons. The summed E-state index contributed by atoms with van der Waals surface area (Å²) in [6, 6.07) is 11.4. The van der Waals surface area contributed by atoms with Gasteiger partial charge in [-0.2, -0.15) is 5.26 Å². The molecule has 1 atom stereocenters. The molecule has 2 aromatic rings. The maximum absolute atomic E-state index is 13.6. The second-order valence-corrected chi connectivity index (χ2v) is 4.24. The van der Waals surface area contributed by atoms with Crippen LogP contribution in [0.2, 0.25) is 0 Å². The van der Waals surface area contributed by atoms with E-state index in [1.165, 1.54) is 0 Å². The van der Waals surface area contributed by atoms with Gasteiger partial charge in [-0.3, -0.25) is 0 Å². The zero-order valence-corrected chi connectivity index (χ0v) is 10.3. The first kappa shape index (κ1) is 13.0. The standard InChI is InChI=1S/C15H12F2N2/c1-10-2-5-12(6-3-10)19-15(9-18)13-8-11(16)4-7-14(13)17/h2-8,15,19H,1H3. The maximum Gasteiger partial charge on any atom is 0.143 e. The summed E-state index contributed by atoms with van der Waals surface area (Å²) in [5, 5.41) is 12.0. The van der Waals surface area contributed by atoms with E-state index in [-0.39, 0.29) is 5.56 Å². The van der Waals surface area contributed by atoms with Gasteiger partial charge in [0, 0.05) is 11.3 Å². The molecule has 0 aliphatic heterocycles. The van der Waals surface area contributed by atoms with Crippen LogP contribution in [0.25, 0.3) is 0 Å². The molecule has 2 rings (SSSR count). The lowest BCUT2D eigenvalue weighted by molar-refractivity contribution is 0.583. The van der Waals surface area contributed by atoms with E-state index < -0.39 is 17.7 Å². The number of anilines is 1. The number of benzene rings is 2. The van der Waals surface area contributed by atoms with Crippen molar-refractivity contribution < 1.29 is 8.78 Å². The third kappa shape index (κ3) is 3.08. The monoisotopic (exact) mass is 258 g/mol. The summed E-state index contributed by atoms with van der Waals surface area (Å²) in [5.41, 5.74) is 1.76. The van der Waals surface area contributed by atoms with E-state index in [2.05, 4.69) is 5.32 Å². The molecule has 2 nitrogen and oxygen atoms in total. The molecule has 0 aliphatic rings. The molecular weight excluding hydrogens is 246 g/mol. The minimum absolute atomic E-state index is 0.00285. The average Bonchev–Trinajstić information content (AvgIpc) is 2.41. The number of nitrogens with zero attached hydrogens (tertiary/aromatic N) is 1. The highest BCUT2D eigenvalue weighted by atomic mass is 19.1. The molecule has 0 heterocycles. The number of aryl methyl sites for hydroxylation is 1. The van der Waals surface area contributed by atoms with Gasteiger partial charge in [-0.25, -0.2) is 8.78 Å². The van der Waals surface area contributed by atoms with Crippen molar-refractivity contribution in [2.45, 2.75) is 13.0 Å². The Kier molecular flexibility index (Phi) is 3.76. The van der Waals surface area contributed by atoms with E-state index in [0.717, 1.165) is 23.8 Å². The molecule has 0 fully saturated rings. The van der Waals surface area contributed by atoms with Gasteiger partial charge in [0.25, 0.3) is 0 Å². The molecule has 0 radical (unpaired) electrons. The third-order valence-electron chi connectivity index (χ3n) is 2.76. The summed E-state index contributed by atoms with van der Waals surface area (Å²) in [5.74, 6) is -1.17. The second-order valence-electron chi connectivity index (χ2n) is 4.24. The highest BCUT2D eigenvalue weighted by Gasteiger charge is 2.15. The number of halogens is 2. The van der Waals surface area contributed by atoms with E-state index in [9.17, 15) is 8.78 Å². The van der Waals surface area contributed by atoms with Crippen LogP contribution in [0.5, 0.6) is 0 Å². The molecule has 0 amide bonds. The van der Waals surface area contributed by atoms with Crippen LogP contribution in [0, 0.1) is 29.9 Å². The SMILES string of the molecule is Cc1ccc(NC(C#N)c2cc(F)ccc2F)cc1. The normalized spacial score (nSPS) is 11.7. The molecule has 0 aromatic heterocycles. The van der Waals surface area contributed by atoms with Crippen LogP contribution < -0.4 is 5.32 Å². The molecule has 0 spiro atoms. The minimum atomic E-state index is -0.932. The first-order valence-corrected chi connectivity index (χ1v) is 5.78. The highest BCUT2D eigenvalue weighted by Crippen LogP contribution is 2.22. The number of hydrogen-bond donors (Lipinski definition) is 1. The zero-order chi connectivity index (χ0) is 13.8. The van der Waals surface area contributed by atoms with E-state index in [0.29, 0.717) is 5.69 Å². The second kappa shape index (κ2) is 5.49. The molecule has 19 heavy (non-hydrogen) atoms. The van der Waals surface area contributed by atoms with E-state index in [4.69, 9.17) is 5.26 Å². The molecule has 1 unspecified atom stereocenters. The van der Waals surface area contributed by atoms with Crippen molar-refractivity contribution in [1.82, 2.24) is 0 Å². The summed E-state index contributed by atoms with van der Waals surface area (Å²) in [4.78, 5) is 0. The van der Waals surface area contributed by atoms with Gasteiger partial charge in [-0.05, 0) is 37.3 Å². The van der Waals surface area contributed by atoms with Crippen LogP contribution in [0.3, 0.4) is 0 Å². The van der Waals surface area contributed by atoms with E-state index in [1.54, 1.807) is 12.1 Å². The van der Waals surface area contributed by atoms with Crippen LogP contribution in [-0.4, -0.2) is 0 Å². The molecule has 2 aromatic carbocycles. The van der Waals surface area contributed by atoms with Crippen molar-refractivity contribution in [3.05, 3.63) is 65.2 Å². The summed E-state index contributed by atoms with van der Waals surface area (Å²) < 4.78 is 26.7. The van der Waals surface area contributed by atoms with Crippen LogP contribution in [-0.2, 0) is 0 Å². The Hall–Kier alpha value is -2.41. The zero-order valence-electron chi connectivity index (χ0n) is 10.3. The Morgan fingerprint density at radius 2 is 1.79 bits per heavy atom. The van der Waals surface area contributed by atoms with Gasteiger partial charge in [0.2, 0.25) is 0 Å². The van der Waals surface area contributed by atoms with Crippen molar-refractivity contribution in [2.24, 2.45) is 0 Å². The Morgan fingerprint density at radius 1 is 1.11 bits per heavy atom. The summed E-state index contributed by atoms with van der Waals surface area (Å²) in [6.07, 6.45) is 0. The molecule has 0 aliphatic carbocycles. The first-order valence-electron chi connectivity index (χ1n) is 5.78. The maximum atomic E-state index is 13.6. The van der Waals surface area contributed by atoms with Crippen molar-refractivity contribution in [2.75, 3.05) is 5.32 Å². The van der Waals surface area contributed by atoms with Gasteiger partial charge >= 0.3 is 0 Å². The molecule has 4 heteroatoms. The third-order valence-corrected chi connectivity index (χ3v) is 2.76. The van der Waals surface area contributed by atoms with Crippen molar-refractivity contribution in [1.29, 1.82) is 5.26 Å². The lowest BCUT2D eigenvalue weighted by Gasteiger charge is -2.14. The van der Waals surface area contributed by atoms with Gasteiger partial charge in [-0.15, -0.1) is 0 Å². The predicted molar refractivity (Wildman–Crippen MR) is 69.5 cm³/mol. The van der Waals surface area contributed by atoms with Crippen LogP contribution in [0.15, 0.2) is 42.5 Å². The molecule has 0 saturated heterocycles. The minimum Gasteiger partial charge on any atom is -0.366 e. The molecule has 0 saturated carbocycles. The fourth-order valence-corrected chi connectivity index (χ4v) is 1.73.